The van der Waals surface area contributed by atoms with E-state index in [1.165, 1.54) is 6.20 Å². The van der Waals surface area contributed by atoms with Gasteiger partial charge in [0.1, 0.15) is 5.54 Å². The fourth-order valence-corrected chi connectivity index (χ4v) is 2.01. The van der Waals surface area contributed by atoms with Gasteiger partial charge in [-0.05, 0) is 13.8 Å². The molecule has 96 valence electrons. The second-order valence-electron chi connectivity index (χ2n) is 4.81. The van der Waals surface area contributed by atoms with E-state index in [9.17, 15) is 4.79 Å². The molecule has 0 aromatic carbocycles. The minimum Gasteiger partial charge on any atom is -0.335 e. The fraction of sp³-hybridized carbons (Fsp3) is 0.636. The number of amides is 1. The van der Waals surface area contributed by atoms with Crippen molar-refractivity contribution in [2.24, 2.45) is 0 Å². The highest BCUT2D eigenvalue weighted by molar-refractivity contribution is 5.91. The van der Waals surface area contributed by atoms with Crippen LogP contribution in [0.25, 0.3) is 0 Å². The second-order valence-corrected chi connectivity index (χ2v) is 4.81. The number of rotatable bonds is 2. The summed E-state index contributed by atoms with van der Waals surface area (Å²) in [7, 11) is 0. The van der Waals surface area contributed by atoms with Crippen molar-refractivity contribution in [3.63, 3.8) is 0 Å². The molecule has 1 aromatic heterocycles. The predicted octanol–water partition coefficient (Wildman–Crippen LogP) is -0.135. The molecule has 0 bridgehead atoms. The zero-order valence-corrected chi connectivity index (χ0v) is 10.6. The van der Waals surface area contributed by atoms with Crippen molar-refractivity contribution in [3.05, 3.63) is 11.9 Å². The maximum atomic E-state index is 12.0. The lowest BCUT2D eigenvalue weighted by molar-refractivity contribution is 0.0516. The molecule has 7 heteroatoms. The van der Waals surface area contributed by atoms with Crippen LogP contribution in [-0.2, 0) is 0 Å². The quantitative estimate of drug-likeness (QED) is 0.787. The fourth-order valence-electron chi connectivity index (χ4n) is 2.01. The number of nitrogens with zero attached hydrogens (tertiary/aromatic N) is 5. The zero-order chi connectivity index (χ0) is 13.2. The van der Waals surface area contributed by atoms with Gasteiger partial charge in [0, 0.05) is 26.2 Å². The first-order valence-corrected chi connectivity index (χ1v) is 5.86. The molecule has 1 aliphatic rings. The van der Waals surface area contributed by atoms with Gasteiger partial charge in [-0.3, -0.25) is 9.69 Å². The van der Waals surface area contributed by atoms with E-state index < -0.39 is 5.54 Å². The molecule has 0 radical (unpaired) electrons. The number of nitrogens with one attached hydrogen (secondary N) is 1. The van der Waals surface area contributed by atoms with Gasteiger partial charge in [0.2, 0.25) is 0 Å². The highest BCUT2D eigenvalue weighted by atomic mass is 16.2. The number of carbonyl (C=O) groups is 1. The summed E-state index contributed by atoms with van der Waals surface area (Å²) in [6.07, 6.45) is 1.42. The second kappa shape index (κ2) is 4.74. The molecule has 18 heavy (non-hydrogen) atoms. The number of carbonyl (C=O) groups excluding carboxylic acids is 1. The smallest absolute Gasteiger partial charge is 0.276 e. The highest BCUT2D eigenvalue weighted by Crippen LogP contribution is 2.16. The van der Waals surface area contributed by atoms with Crippen molar-refractivity contribution in [2.75, 3.05) is 26.2 Å². The van der Waals surface area contributed by atoms with E-state index in [0.717, 1.165) is 0 Å². The first-order chi connectivity index (χ1) is 8.54. The lowest BCUT2D eigenvalue weighted by Crippen LogP contribution is -2.55. The molecule has 0 saturated carbocycles. The third-order valence-corrected chi connectivity index (χ3v) is 3.27. The monoisotopic (exact) mass is 248 g/mol. The Kier molecular flexibility index (Phi) is 3.30. The molecule has 1 amide bonds. The standard InChI is InChI=1S/C11H16N6O/c1-11(2,8-12)17-5-3-16(4-6-17)10(18)9-7-13-15-14-9/h7H,3-6H2,1-2H3,(H,13,14,15). The molecule has 1 fully saturated rings. The Hall–Kier alpha value is -1.94. The summed E-state index contributed by atoms with van der Waals surface area (Å²) in [5.41, 5.74) is -0.147. The topological polar surface area (TPSA) is 88.9 Å². The number of aromatic amines is 1. The normalized spacial score (nSPS) is 17.5. The first-order valence-electron chi connectivity index (χ1n) is 5.86. The van der Waals surface area contributed by atoms with Gasteiger partial charge in [0.15, 0.2) is 5.69 Å². The summed E-state index contributed by atoms with van der Waals surface area (Å²) in [5, 5.41) is 18.9. The minimum atomic E-state index is -0.483. The Morgan fingerprint density at radius 3 is 2.61 bits per heavy atom. The van der Waals surface area contributed by atoms with E-state index in [1.54, 1.807) is 4.90 Å². The van der Waals surface area contributed by atoms with Crippen LogP contribution in [0.2, 0.25) is 0 Å². The minimum absolute atomic E-state index is 0.113. The summed E-state index contributed by atoms with van der Waals surface area (Å²) < 4.78 is 0. The van der Waals surface area contributed by atoms with Crippen molar-refractivity contribution < 1.29 is 4.79 Å². The molecule has 0 unspecified atom stereocenters. The van der Waals surface area contributed by atoms with Crippen LogP contribution in [0.5, 0.6) is 0 Å². The third-order valence-electron chi connectivity index (χ3n) is 3.27. The molecular weight excluding hydrogens is 232 g/mol. The van der Waals surface area contributed by atoms with Gasteiger partial charge in [-0.25, -0.2) is 0 Å². The highest BCUT2D eigenvalue weighted by Gasteiger charge is 2.31. The molecule has 1 N–H and O–H groups in total. The lowest BCUT2D eigenvalue weighted by Gasteiger charge is -2.40. The predicted molar refractivity (Wildman–Crippen MR) is 63.6 cm³/mol. The number of aromatic nitrogens is 3. The third kappa shape index (κ3) is 2.33. The van der Waals surface area contributed by atoms with Crippen LogP contribution in [0.4, 0.5) is 0 Å². The Labute approximate surface area is 105 Å². The van der Waals surface area contributed by atoms with Gasteiger partial charge in [-0.15, -0.1) is 0 Å². The SMILES string of the molecule is CC(C)(C#N)N1CCN(C(=O)c2cn[nH]n2)CC1. The van der Waals surface area contributed by atoms with Crippen molar-refractivity contribution in [2.45, 2.75) is 19.4 Å². The summed E-state index contributed by atoms with van der Waals surface area (Å²) >= 11 is 0. The summed E-state index contributed by atoms with van der Waals surface area (Å²) in [6, 6.07) is 2.28. The number of nitriles is 1. The maximum absolute atomic E-state index is 12.0. The molecule has 0 spiro atoms. The van der Waals surface area contributed by atoms with E-state index in [-0.39, 0.29) is 5.91 Å². The summed E-state index contributed by atoms with van der Waals surface area (Å²) in [4.78, 5) is 15.8. The van der Waals surface area contributed by atoms with E-state index >= 15 is 0 Å². The van der Waals surface area contributed by atoms with Crippen LogP contribution in [-0.4, -0.2) is 62.8 Å². The molecule has 7 nitrogen and oxygen atoms in total. The van der Waals surface area contributed by atoms with Crippen LogP contribution < -0.4 is 0 Å². The molecule has 2 rings (SSSR count). The van der Waals surface area contributed by atoms with Crippen LogP contribution in [0, 0.1) is 11.3 Å². The van der Waals surface area contributed by atoms with E-state index in [1.807, 2.05) is 13.8 Å². The largest absolute Gasteiger partial charge is 0.335 e. The number of piperazine rings is 1. The van der Waals surface area contributed by atoms with Crippen LogP contribution in [0.15, 0.2) is 6.20 Å². The molecule has 0 atom stereocenters. The molecular formula is C11H16N6O. The zero-order valence-electron chi connectivity index (χ0n) is 10.6. The van der Waals surface area contributed by atoms with Crippen molar-refractivity contribution in [3.8, 4) is 6.07 Å². The number of hydrogen-bond acceptors (Lipinski definition) is 5. The molecule has 1 saturated heterocycles. The van der Waals surface area contributed by atoms with E-state index in [0.29, 0.717) is 31.9 Å². The van der Waals surface area contributed by atoms with Gasteiger partial charge in [-0.2, -0.15) is 20.7 Å². The van der Waals surface area contributed by atoms with Gasteiger partial charge in [0.05, 0.1) is 12.3 Å². The van der Waals surface area contributed by atoms with E-state index in [4.69, 9.17) is 5.26 Å². The van der Waals surface area contributed by atoms with Crippen molar-refractivity contribution in [1.29, 1.82) is 5.26 Å². The lowest BCUT2D eigenvalue weighted by atomic mass is 10.0. The average molecular weight is 248 g/mol. The number of hydrogen-bond donors (Lipinski definition) is 1. The van der Waals surface area contributed by atoms with Crippen molar-refractivity contribution in [1.82, 2.24) is 25.2 Å². The molecule has 1 aliphatic heterocycles. The Balaban J connectivity index is 1.96. The van der Waals surface area contributed by atoms with Gasteiger partial charge < -0.3 is 4.90 Å². The molecule has 2 heterocycles. The Morgan fingerprint density at radius 2 is 2.11 bits per heavy atom. The van der Waals surface area contributed by atoms with Crippen molar-refractivity contribution >= 4 is 5.91 Å². The van der Waals surface area contributed by atoms with Gasteiger partial charge >= 0.3 is 0 Å². The first kappa shape index (κ1) is 12.5. The van der Waals surface area contributed by atoms with Crippen LogP contribution in [0.1, 0.15) is 24.3 Å². The molecule has 0 aliphatic carbocycles. The average Bonchev–Trinajstić information content (AvgIpc) is 2.92. The number of H-pyrrole nitrogens is 1. The van der Waals surface area contributed by atoms with Crippen LogP contribution in [0.3, 0.4) is 0 Å². The van der Waals surface area contributed by atoms with Gasteiger partial charge in [0.25, 0.3) is 5.91 Å². The maximum Gasteiger partial charge on any atom is 0.276 e. The summed E-state index contributed by atoms with van der Waals surface area (Å²) in [5.74, 6) is -0.113. The Morgan fingerprint density at radius 1 is 1.44 bits per heavy atom. The Bertz CT molecular complexity index is 452. The van der Waals surface area contributed by atoms with Gasteiger partial charge in [-0.1, -0.05) is 0 Å². The summed E-state index contributed by atoms with van der Waals surface area (Å²) in [6.45, 7) is 6.39. The molecule has 1 aromatic rings. The van der Waals surface area contributed by atoms with E-state index in [2.05, 4.69) is 26.4 Å². The van der Waals surface area contributed by atoms with Crippen LogP contribution >= 0.6 is 0 Å².